The number of rotatable bonds is 12. The minimum atomic E-state index is -1.64. The van der Waals surface area contributed by atoms with Crippen molar-refractivity contribution < 1.29 is 35.4 Å². The van der Waals surface area contributed by atoms with E-state index in [1.165, 1.54) is 0 Å². The summed E-state index contributed by atoms with van der Waals surface area (Å²) < 4.78 is 0. The van der Waals surface area contributed by atoms with E-state index in [0.29, 0.717) is 25.8 Å². The molecule has 9 nitrogen and oxygen atoms in total. The largest absolute Gasteiger partial charge is 0.480 e. The highest BCUT2D eigenvalue weighted by Crippen LogP contribution is 2.04. The maximum Gasteiger partial charge on any atom is 0.320 e. The molecule has 9 heteroatoms. The van der Waals surface area contributed by atoms with Crippen LogP contribution in [0.15, 0.2) is 0 Å². The fourth-order valence-corrected chi connectivity index (χ4v) is 1.67. The average Bonchev–Trinajstić information content (AvgIpc) is 2.47. The maximum absolute atomic E-state index is 10.5. The molecular formula is C12H26N2O7. The molecule has 0 rings (SSSR count). The summed E-state index contributed by atoms with van der Waals surface area (Å²) in [6.45, 7) is -0.252. The molecule has 0 amide bonds. The molecule has 21 heavy (non-hydrogen) atoms. The first kappa shape index (κ1) is 20.2. The second-order valence-electron chi connectivity index (χ2n) is 4.94. The summed E-state index contributed by atoms with van der Waals surface area (Å²) in [5.41, 5.74) is 5.33. The number of aliphatic hydroxyl groups excluding tert-OH is 5. The molecule has 0 aliphatic carbocycles. The van der Waals surface area contributed by atoms with Gasteiger partial charge in [-0.05, 0) is 19.4 Å². The Balaban J connectivity index is 3.74. The van der Waals surface area contributed by atoms with Gasteiger partial charge >= 0.3 is 5.97 Å². The number of carboxylic acids is 1. The summed E-state index contributed by atoms with van der Waals surface area (Å²) in [5, 5.41) is 57.7. The number of aliphatic carboxylic acids is 1. The molecule has 0 aromatic heterocycles. The van der Waals surface area contributed by atoms with Crippen LogP contribution in [-0.4, -0.2) is 86.8 Å². The molecule has 126 valence electrons. The van der Waals surface area contributed by atoms with Crippen LogP contribution < -0.4 is 11.1 Å². The van der Waals surface area contributed by atoms with Crippen molar-refractivity contribution >= 4 is 5.97 Å². The van der Waals surface area contributed by atoms with Crippen molar-refractivity contribution in [2.24, 2.45) is 5.73 Å². The molecular weight excluding hydrogens is 284 g/mol. The summed E-state index contributed by atoms with van der Waals surface area (Å²) in [7, 11) is 0. The van der Waals surface area contributed by atoms with Crippen molar-refractivity contribution in [1.82, 2.24) is 5.32 Å². The van der Waals surface area contributed by atoms with E-state index in [1.54, 1.807) is 0 Å². The molecule has 0 saturated carbocycles. The van der Waals surface area contributed by atoms with E-state index in [-0.39, 0.29) is 6.54 Å². The fraction of sp³-hybridized carbons (Fsp3) is 0.917. The molecule has 0 fully saturated rings. The number of nitrogens with one attached hydrogen (secondary N) is 1. The molecule has 5 atom stereocenters. The van der Waals surface area contributed by atoms with Gasteiger partial charge in [-0.2, -0.15) is 0 Å². The summed E-state index contributed by atoms with van der Waals surface area (Å²) >= 11 is 0. The zero-order valence-electron chi connectivity index (χ0n) is 11.8. The van der Waals surface area contributed by atoms with Crippen LogP contribution in [0.3, 0.4) is 0 Å². The number of unbranched alkanes of at least 4 members (excludes halogenated alkanes) is 1. The van der Waals surface area contributed by atoms with Crippen LogP contribution in [0.1, 0.15) is 19.3 Å². The van der Waals surface area contributed by atoms with E-state index in [4.69, 9.17) is 21.1 Å². The Labute approximate surface area is 123 Å². The Kier molecular flexibility index (Phi) is 10.4. The Hall–Kier alpha value is -0.810. The zero-order chi connectivity index (χ0) is 16.4. The van der Waals surface area contributed by atoms with Crippen molar-refractivity contribution in [2.75, 3.05) is 19.7 Å². The third kappa shape index (κ3) is 8.27. The van der Waals surface area contributed by atoms with E-state index >= 15 is 0 Å². The molecule has 1 unspecified atom stereocenters. The van der Waals surface area contributed by atoms with Crippen LogP contribution in [0.5, 0.6) is 0 Å². The van der Waals surface area contributed by atoms with Gasteiger partial charge in [0, 0.05) is 6.54 Å². The van der Waals surface area contributed by atoms with Gasteiger partial charge in [-0.1, -0.05) is 6.42 Å². The van der Waals surface area contributed by atoms with Gasteiger partial charge in [-0.3, -0.25) is 4.79 Å². The standard InChI is InChI=1S/C12H26N2O7/c13-7(12(20)21)3-1-2-4-14-5-8(16)10(18)11(19)9(17)6-15/h7-11,14-19H,1-6,13H2,(H,20,21)/t7?,8-,9+,10+,11+/m0/s1. The lowest BCUT2D eigenvalue weighted by molar-refractivity contribution is -0.138. The lowest BCUT2D eigenvalue weighted by atomic mass is 10.0. The second-order valence-corrected chi connectivity index (χ2v) is 4.94. The second kappa shape index (κ2) is 10.9. The Morgan fingerprint density at radius 2 is 1.62 bits per heavy atom. The number of hydrogen-bond acceptors (Lipinski definition) is 8. The van der Waals surface area contributed by atoms with Gasteiger partial charge in [0.1, 0.15) is 24.4 Å². The quantitative estimate of drug-likeness (QED) is 0.171. The van der Waals surface area contributed by atoms with Gasteiger partial charge in [-0.25, -0.2) is 0 Å². The topological polar surface area (TPSA) is 176 Å². The van der Waals surface area contributed by atoms with Crippen molar-refractivity contribution in [3.8, 4) is 0 Å². The Morgan fingerprint density at radius 3 is 2.14 bits per heavy atom. The monoisotopic (exact) mass is 310 g/mol. The van der Waals surface area contributed by atoms with Gasteiger partial charge in [0.15, 0.2) is 0 Å². The molecule has 0 saturated heterocycles. The lowest BCUT2D eigenvalue weighted by Gasteiger charge is -2.25. The third-order valence-corrected chi connectivity index (χ3v) is 3.11. The lowest BCUT2D eigenvalue weighted by Crippen LogP contribution is -2.49. The number of carboxylic acid groups (broad SMARTS) is 1. The first-order valence-electron chi connectivity index (χ1n) is 6.83. The smallest absolute Gasteiger partial charge is 0.320 e. The van der Waals surface area contributed by atoms with Crippen molar-refractivity contribution in [2.45, 2.75) is 49.7 Å². The van der Waals surface area contributed by atoms with E-state index in [9.17, 15) is 20.1 Å². The van der Waals surface area contributed by atoms with Gasteiger partial charge in [0.2, 0.25) is 0 Å². The molecule has 0 aliphatic rings. The molecule has 0 spiro atoms. The Bertz CT molecular complexity index is 293. The summed E-state index contributed by atoms with van der Waals surface area (Å²) in [6.07, 6.45) is -4.45. The summed E-state index contributed by atoms with van der Waals surface area (Å²) in [4.78, 5) is 10.5. The molecule has 0 radical (unpaired) electrons. The zero-order valence-corrected chi connectivity index (χ0v) is 11.8. The predicted octanol–water partition coefficient (Wildman–Crippen LogP) is -3.41. The number of aliphatic hydroxyl groups is 5. The predicted molar refractivity (Wildman–Crippen MR) is 73.4 cm³/mol. The van der Waals surface area contributed by atoms with Crippen LogP contribution in [-0.2, 0) is 4.79 Å². The van der Waals surface area contributed by atoms with Gasteiger partial charge in [-0.15, -0.1) is 0 Å². The number of carbonyl (C=O) groups is 1. The van der Waals surface area contributed by atoms with Crippen molar-refractivity contribution in [1.29, 1.82) is 0 Å². The highest BCUT2D eigenvalue weighted by molar-refractivity contribution is 5.72. The molecule has 0 aromatic rings. The number of hydrogen-bond donors (Lipinski definition) is 8. The number of nitrogens with two attached hydrogens (primary N) is 1. The maximum atomic E-state index is 10.5. The average molecular weight is 310 g/mol. The van der Waals surface area contributed by atoms with Gasteiger partial charge in [0.25, 0.3) is 0 Å². The minimum absolute atomic E-state index is 0.0125. The molecule has 0 heterocycles. The Morgan fingerprint density at radius 1 is 1.05 bits per heavy atom. The van der Waals surface area contributed by atoms with Gasteiger partial charge < -0.3 is 41.7 Å². The molecule has 0 bridgehead atoms. The SMILES string of the molecule is NC(CCCCNC[C@H](O)[C@@H](O)[C@H](O)[C@H](O)CO)C(=O)O. The third-order valence-electron chi connectivity index (χ3n) is 3.11. The van der Waals surface area contributed by atoms with Crippen LogP contribution >= 0.6 is 0 Å². The fourth-order valence-electron chi connectivity index (χ4n) is 1.67. The highest BCUT2D eigenvalue weighted by atomic mass is 16.4. The molecule has 0 aromatic carbocycles. The normalized spacial score (nSPS) is 18.8. The van der Waals surface area contributed by atoms with Gasteiger partial charge in [0.05, 0.1) is 12.7 Å². The summed E-state index contributed by atoms with van der Waals surface area (Å²) in [6, 6.07) is -0.882. The van der Waals surface area contributed by atoms with E-state index < -0.39 is 43.0 Å². The summed E-state index contributed by atoms with van der Waals surface area (Å²) in [5.74, 6) is -1.04. The van der Waals surface area contributed by atoms with E-state index in [0.717, 1.165) is 0 Å². The van der Waals surface area contributed by atoms with Crippen molar-refractivity contribution in [3.63, 3.8) is 0 Å². The van der Waals surface area contributed by atoms with E-state index in [1.807, 2.05) is 0 Å². The first-order valence-corrected chi connectivity index (χ1v) is 6.83. The van der Waals surface area contributed by atoms with Crippen LogP contribution in [0.2, 0.25) is 0 Å². The van der Waals surface area contributed by atoms with E-state index in [2.05, 4.69) is 5.32 Å². The van der Waals surface area contributed by atoms with Crippen LogP contribution in [0.4, 0.5) is 0 Å². The van der Waals surface area contributed by atoms with Crippen LogP contribution in [0, 0.1) is 0 Å². The van der Waals surface area contributed by atoms with Crippen LogP contribution in [0.25, 0.3) is 0 Å². The first-order chi connectivity index (χ1) is 9.81. The minimum Gasteiger partial charge on any atom is -0.480 e. The molecule has 0 aliphatic heterocycles. The molecule has 9 N–H and O–H groups in total. The van der Waals surface area contributed by atoms with Crippen molar-refractivity contribution in [3.05, 3.63) is 0 Å². The highest BCUT2D eigenvalue weighted by Gasteiger charge is 2.29.